The van der Waals surface area contributed by atoms with Gasteiger partial charge in [-0.25, -0.2) is 43.6 Å². The highest BCUT2D eigenvalue weighted by atomic mass is 32.2. The summed E-state index contributed by atoms with van der Waals surface area (Å²) in [4.78, 5) is 83.1. The number of nitrogens with one attached hydrogen (secondary N) is 3. The molecule has 2 saturated heterocycles. The predicted octanol–water partition coefficient (Wildman–Crippen LogP) is -1.23. The summed E-state index contributed by atoms with van der Waals surface area (Å²) in [5, 5.41) is 17.1. The standard InChI is InChI=1S/C21H29N9O11S2/c1-20(2,3)40-18(36)25-29-6-7-30(19(29)37)43(38,39)27-17(35)28-8-10(14(28)32)23-13(31)12(11-9-42-16(22)24-11)26-41-21(4,5)15(33)34/h9-10H,6-8H2,1-5H3,(H2,22,24)(H,23,31)(H,25,36)(H,27,35)(H,33,34)/t10-/m0/s1. The van der Waals surface area contributed by atoms with E-state index in [2.05, 4.69) is 20.9 Å². The smallest absolute Gasteiger partial charge is 0.426 e. The molecule has 2 aliphatic rings. The van der Waals surface area contributed by atoms with Crippen LogP contribution in [0.1, 0.15) is 40.3 Å². The SMILES string of the molecule is CC(C)(C)OC(=O)NN1CCN(S(=O)(=O)NC(=O)N2C[C@H](NC(=O)C(=NOC(C)(C)C(=O)O)c3csc(N)n3)C2=O)C1=O. The number of urea groups is 2. The molecule has 7 amide bonds. The number of imide groups is 1. The van der Waals surface area contributed by atoms with Crippen LogP contribution in [0.4, 0.5) is 19.5 Å². The zero-order valence-corrected chi connectivity index (χ0v) is 25.1. The number of carbonyl (C=O) groups is 6. The maximum absolute atomic E-state index is 12.9. The number of hydrogen-bond acceptors (Lipinski definition) is 14. The minimum absolute atomic E-state index is 0.0528. The number of carboxylic acid groups (broad SMARTS) is 1. The number of thiazole rings is 1. The molecule has 1 aromatic heterocycles. The molecule has 236 valence electrons. The second kappa shape index (κ2) is 11.9. The van der Waals surface area contributed by atoms with Gasteiger partial charge in [-0.15, -0.1) is 11.3 Å². The first-order valence-electron chi connectivity index (χ1n) is 12.2. The van der Waals surface area contributed by atoms with Gasteiger partial charge in [0.15, 0.2) is 10.8 Å². The number of carbonyl (C=O) groups excluding carboxylic acids is 5. The first-order chi connectivity index (χ1) is 19.7. The summed E-state index contributed by atoms with van der Waals surface area (Å²) >= 11 is 0.945. The van der Waals surface area contributed by atoms with Crippen molar-refractivity contribution < 1.29 is 51.9 Å². The summed E-state index contributed by atoms with van der Waals surface area (Å²) in [6, 6.07) is -3.90. The predicted molar refractivity (Wildman–Crippen MR) is 145 cm³/mol. The quantitative estimate of drug-likeness (QED) is 0.119. The highest BCUT2D eigenvalue weighted by Crippen LogP contribution is 2.18. The number of rotatable bonds is 9. The van der Waals surface area contributed by atoms with Gasteiger partial charge >= 0.3 is 34.3 Å². The van der Waals surface area contributed by atoms with Gasteiger partial charge in [-0.2, -0.15) is 8.42 Å². The minimum Gasteiger partial charge on any atom is -0.478 e. The Morgan fingerprint density at radius 1 is 1.16 bits per heavy atom. The van der Waals surface area contributed by atoms with E-state index in [1.807, 2.05) is 0 Å². The zero-order chi connectivity index (χ0) is 32.5. The third-order valence-electron chi connectivity index (χ3n) is 5.44. The molecule has 1 aromatic rings. The van der Waals surface area contributed by atoms with E-state index in [4.69, 9.17) is 15.3 Å². The molecule has 0 aliphatic carbocycles. The largest absolute Gasteiger partial charge is 0.478 e. The third kappa shape index (κ3) is 7.77. The van der Waals surface area contributed by atoms with Crippen molar-refractivity contribution in [2.24, 2.45) is 5.16 Å². The van der Waals surface area contributed by atoms with Gasteiger partial charge in [0.1, 0.15) is 17.3 Å². The van der Waals surface area contributed by atoms with Gasteiger partial charge < -0.3 is 25.7 Å². The lowest BCUT2D eigenvalue weighted by Crippen LogP contribution is -2.68. The van der Waals surface area contributed by atoms with Crippen LogP contribution >= 0.6 is 11.3 Å². The Morgan fingerprint density at radius 2 is 1.81 bits per heavy atom. The molecule has 0 radical (unpaired) electrons. The number of oxime groups is 1. The van der Waals surface area contributed by atoms with Crippen LogP contribution in [0.25, 0.3) is 0 Å². The monoisotopic (exact) mass is 647 g/mol. The number of amides is 7. The van der Waals surface area contributed by atoms with Gasteiger partial charge in [-0.3, -0.25) is 14.5 Å². The van der Waals surface area contributed by atoms with Gasteiger partial charge in [0.2, 0.25) is 5.60 Å². The first-order valence-corrected chi connectivity index (χ1v) is 14.5. The molecule has 2 fully saturated rings. The highest BCUT2D eigenvalue weighted by molar-refractivity contribution is 7.88. The Morgan fingerprint density at radius 3 is 2.35 bits per heavy atom. The molecule has 6 N–H and O–H groups in total. The van der Waals surface area contributed by atoms with E-state index in [1.165, 1.54) is 19.2 Å². The summed E-state index contributed by atoms with van der Waals surface area (Å²) in [6.45, 7) is 5.93. The highest BCUT2D eigenvalue weighted by Gasteiger charge is 2.46. The number of anilines is 1. The molecule has 0 spiro atoms. The maximum Gasteiger partial charge on any atom is 0.426 e. The van der Waals surface area contributed by atoms with E-state index in [0.717, 1.165) is 11.3 Å². The molecule has 3 rings (SSSR count). The van der Waals surface area contributed by atoms with Crippen molar-refractivity contribution in [2.75, 3.05) is 25.4 Å². The first kappa shape index (κ1) is 32.8. The molecular weight excluding hydrogens is 618 g/mol. The summed E-state index contributed by atoms with van der Waals surface area (Å²) in [7, 11) is -4.81. The molecule has 20 nitrogen and oxygen atoms in total. The summed E-state index contributed by atoms with van der Waals surface area (Å²) < 4.78 is 32.2. The molecule has 1 atom stereocenters. The van der Waals surface area contributed by atoms with Crippen molar-refractivity contribution in [2.45, 2.75) is 51.9 Å². The molecule has 2 aliphatic heterocycles. The molecule has 3 heterocycles. The van der Waals surface area contributed by atoms with E-state index >= 15 is 0 Å². The third-order valence-corrected chi connectivity index (χ3v) is 7.47. The Kier molecular flexibility index (Phi) is 9.05. The van der Waals surface area contributed by atoms with Crippen molar-refractivity contribution in [3.63, 3.8) is 0 Å². The average molecular weight is 648 g/mol. The number of hydrogen-bond donors (Lipinski definition) is 5. The fourth-order valence-corrected chi connectivity index (χ4v) is 4.83. The Labute approximate surface area is 248 Å². The number of nitrogens with zero attached hydrogens (tertiary/aromatic N) is 5. The fourth-order valence-electron chi connectivity index (χ4n) is 3.22. The number of carboxylic acids is 1. The zero-order valence-electron chi connectivity index (χ0n) is 23.4. The molecule has 0 saturated carbocycles. The Bertz CT molecular complexity index is 1480. The second-order valence-electron chi connectivity index (χ2n) is 10.4. The summed E-state index contributed by atoms with van der Waals surface area (Å²) in [6.07, 6.45) is -1.01. The van der Waals surface area contributed by atoms with Gasteiger partial charge in [0.05, 0.1) is 19.6 Å². The van der Waals surface area contributed by atoms with Crippen molar-refractivity contribution in [1.82, 2.24) is 34.7 Å². The number of β-lactam (4-membered cyclic amide) rings is 1. The molecule has 0 unspecified atom stereocenters. The van der Waals surface area contributed by atoms with Crippen molar-refractivity contribution >= 4 is 68.3 Å². The Hall–Kier alpha value is -4.73. The topological polar surface area (TPSA) is 272 Å². The summed E-state index contributed by atoms with van der Waals surface area (Å²) in [5.74, 6) is -3.43. The number of nitrogen functional groups attached to an aromatic ring is 1. The van der Waals surface area contributed by atoms with Crippen LogP contribution < -0.4 is 21.2 Å². The minimum atomic E-state index is -4.81. The lowest BCUT2D eigenvalue weighted by molar-refractivity contribution is -0.161. The lowest BCUT2D eigenvalue weighted by Gasteiger charge is -2.36. The van der Waals surface area contributed by atoms with E-state index in [0.29, 0.717) is 9.91 Å². The van der Waals surface area contributed by atoms with Gasteiger partial charge in [-0.1, -0.05) is 5.16 Å². The molecule has 43 heavy (non-hydrogen) atoms. The average Bonchev–Trinajstić information content (AvgIpc) is 3.45. The van der Waals surface area contributed by atoms with Crippen LogP contribution in [0.2, 0.25) is 0 Å². The van der Waals surface area contributed by atoms with Crippen LogP contribution in [0.3, 0.4) is 0 Å². The van der Waals surface area contributed by atoms with Crippen LogP contribution in [-0.4, -0.2) is 111 Å². The van der Waals surface area contributed by atoms with Crippen LogP contribution in [0, 0.1) is 0 Å². The number of nitrogens with two attached hydrogens (primary N) is 1. The van der Waals surface area contributed by atoms with E-state index < -0.39 is 82.2 Å². The van der Waals surface area contributed by atoms with Gasteiger partial charge in [0, 0.05) is 5.38 Å². The normalized spacial score (nSPS) is 17.7. The molecule has 0 bridgehead atoms. The number of aliphatic carboxylic acids is 1. The van der Waals surface area contributed by atoms with E-state index in [-0.39, 0.29) is 21.7 Å². The molecule has 0 aromatic carbocycles. The van der Waals surface area contributed by atoms with Crippen LogP contribution in [0.5, 0.6) is 0 Å². The fraction of sp³-hybridized carbons (Fsp3) is 0.524. The molecular formula is C21H29N9O11S2. The number of hydrazine groups is 1. The van der Waals surface area contributed by atoms with Gasteiger partial charge in [0.25, 0.3) is 11.8 Å². The van der Waals surface area contributed by atoms with Crippen LogP contribution in [-0.2, 0) is 34.2 Å². The van der Waals surface area contributed by atoms with E-state index in [9.17, 15) is 42.3 Å². The Balaban J connectivity index is 1.61. The van der Waals surface area contributed by atoms with E-state index in [1.54, 1.807) is 25.5 Å². The number of ether oxygens (including phenoxy) is 1. The van der Waals surface area contributed by atoms with Gasteiger partial charge in [-0.05, 0) is 34.6 Å². The van der Waals surface area contributed by atoms with Crippen molar-refractivity contribution in [3.8, 4) is 0 Å². The maximum atomic E-state index is 12.9. The van der Waals surface area contributed by atoms with Crippen molar-refractivity contribution in [3.05, 3.63) is 11.1 Å². The lowest BCUT2D eigenvalue weighted by atomic mass is 10.1. The van der Waals surface area contributed by atoms with Crippen molar-refractivity contribution in [1.29, 1.82) is 0 Å². The number of likely N-dealkylation sites (tertiary alicyclic amines) is 1. The number of aromatic nitrogens is 1. The van der Waals surface area contributed by atoms with Crippen LogP contribution in [0.15, 0.2) is 10.5 Å². The summed E-state index contributed by atoms with van der Waals surface area (Å²) in [5.41, 5.74) is 4.38. The second-order valence-corrected chi connectivity index (χ2v) is 12.9. The molecule has 22 heteroatoms.